The van der Waals surface area contributed by atoms with E-state index in [1.807, 2.05) is 44.3 Å². The predicted molar refractivity (Wildman–Crippen MR) is 95.7 cm³/mol. The standard InChI is InChI=1S/C20H17FN4/c1-13-5-7-16(21)10-15(13)11-25-12-19(23-24-25)17-8-6-14(2)20-18(17)4-3-9-22-20/h3-10,12H,11H2,1-2H3. The maximum absolute atomic E-state index is 13.5. The average molecular weight is 332 g/mol. The number of rotatable bonds is 3. The zero-order chi connectivity index (χ0) is 17.4. The molecule has 2 heterocycles. The number of hydrogen-bond donors (Lipinski definition) is 0. The number of aromatic nitrogens is 4. The normalized spacial score (nSPS) is 11.2. The summed E-state index contributed by atoms with van der Waals surface area (Å²) in [6.45, 7) is 4.49. The lowest BCUT2D eigenvalue weighted by Gasteiger charge is -2.06. The van der Waals surface area contributed by atoms with E-state index in [0.717, 1.165) is 38.9 Å². The molecule has 0 saturated heterocycles. The first kappa shape index (κ1) is 15.4. The molecule has 5 heteroatoms. The van der Waals surface area contributed by atoms with Crippen LogP contribution < -0.4 is 0 Å². The topological polar surface area (TPSA) is 43.6 Å². The van der Waals surface area contributed by atoms with Crippen LogP contribution in [0.25, 0.3) is 22.2 Å². The van der Waals surface area contributed by atoms with Gasteiger partial charge in [-0.05, 0) is 48.7 Å². The van der Waals surface area contributed by atoms with Crippen molar-refractivity contribution in [1.82, 2.24) is 20.0 Å². The van der Waals surface area contributed by atoms with E-state index >= 15 is 0 Å². The fraction of sp³-hybridized carbons (Fsp3) is 0.150. The van der Waals surface area contributed by atoms with E-state index in [9.17, 15) is 4.39 Å². The summed E-state index contributed by atoms with van der Waals surface area (Å²) < 4.78 is 15.2. The van der Waals surface area contributed by atoms with Gasteiger partial charge in [0.25, 0.3) is 0 Å². The van der Waals surface area contributed by atoms with Crippen molar-refractivity contribution in [3.8, 4) is 11.3 Å². The van der Waals surface area contributed by atoms with Crippen LogP contribution in [-0.4, -0.2) is 20.0 Å². The lowest BCUT2D eigenvalue weighted by molar-refractivity contribution is 0.612. The first-order chi connectivity index (χ1) is 12.1. The maximum atomic E-state index is 13.5. The van der Waals surface area contributed by atoms with E-state index in [-0.39, 0.29) is 5.82 Å². The monoisotopic (exact) mass is 332 g/mol. The van der Waals surface area contributed by atoms with Gasteiger partial charge in [0, 0.05) is 17.1 Å². The zero-order valence-corrected chi connectivity index (χ0v) is 14.1. The molecule has 0 radical (unpaired) electrons. The molecule has 25 heavy (non-hydrogen) atoms. The number of benzene rings is 2. The first-order valence-electron chi connectivity index (χ1n) is 8.12. The molecule has 0 N–H and O–H groups in total. The van der Waals surface area contributed by atoms with E-state index in [4.69, 9.17) is 0 Å². The summed E-state index contributed by atoms with van der Waals surface area (Å²) in [4.78, 5) is 4.47. The van der Waals surface area contributed by atoms with Crippen LogP contribution in [0, 0.1) is 19.7 Å². The fourth-order valence-electron chi connectivity index (χ4n) is 3.02. The minimum absolute atomic E-state index is 0.239. The summed E-state index contributed by atoms with van der Waals surface area (Å²) in [7, 11) is 0. The van der Waals surface area contributed by atoms with Crippen molar-refractivity contribution in [2.24, 2.45) is 0 Å². The lowest BCUT2D eigenvalue weighted by atomic mass is 10.0. The molecule has 0 aliphatic rings. The minimum atomic E-state index is -0.239. The summed E-state index contributed by atoms with van der Waals surface area (Å²) in [6, 6.07) is 12.8. The number of nitrogens with zero attached hydrogens (tertiary/aromatic N) is 4. The third-order valence-corrected chi connectivity index (χ3v) is 4.43. The van der Waals surface area contributed by atoms with Gasteiger partial charge < -0.3 is 0 Å². The second-order valence-electron chi connectivity index (χ2n) is 6.20. The van der Waals surface area contributed by atoms with Gasteiger partial charge >= 0.3 is 0 Å². The van der Waals surface area contributed by atoms with Gasteiger partial charge in [0.15, 0.2) is 0 Å². The average Bonchev–Trinajstić information content (AvgIpc) is 3.07. The smallest absolute Gasteiger partial charge is 0.123 e. The van der Waals surface area contributed by atoms with Gasteiger partial charge in [0.2, 0.25) is 0 Å². The summed E-state index contributed by atoms with van der Waals surface area (Å²) in [5, 5.41) is 9.57. The highest BCUT2D eigenvalue weighted by Crippen LogP contribution is 2.28. The molecule has 0 saturated carbocycles. The van der Waals surface area contributed by atoms with E-state index in [1.165, 1.54) is 6.07 Å². The molecule has 0 aliphatic carbocycles. The van der Waals surface area contributed by atoms with Crippen LogP contribution in [0.5, 0.6) is 0 Å². The van der Waals surface area contributed by atoms with E-state index in [0.29, 0.717) is 6.54 Å². The Bertz CT molecular complexity index is 1070. The van der Waals surface area contributed by atoms with Crippen LogP contribution in [0.15, 0.2) is 54.9 Å². The summed E-state index contributed by atoms with van der Waals surface area (Å²) in [5.74, 6) is -0.239. The van der Waals surface area contributed by atoms with Crippen molar-refractivity contribution < 1.29 is 4.39 Å². The van der Waals surface area contributed by atoms with Crippen LogP contribution in [0.4, 0.5) is 4.39 Å². The Kier molecular flexibility index (Phi) is 3.76. The van der Waals surface area contributed by atoms with E-state index in [1.54, 1.807) is 23.0 Å². The molecule has 4 rings (SSSR count). The van der Waals surface area contributed by atoms with Crippen LogP contribution in [-0.2, 0) is 6.54 Å². The van der Waals surface area contributed by atoms with Crippen molar-refractivity contribution in [1.29, 1.82) is 0 Å². The SMILES string of the molecule is Cc1ccc(F)cc1Cn1cc(-c2ccc(C)c3ncccc23)nn1. The van der Waals surface area contributed by atoms with Gasteiger partial charge in [-0.2, -0.15) is 0 Å². The predicted octanol–water partition coefficient (Wildman–Crippen LogP) is 4.30. The third-order valence-electron chi connectivity index (χ3n) is 4.43. The van der Waals surface area contributed by atoms with Gasteiger partial charge in [-0.3, -0.25) is 4.98 Å². The van der Waals surface area contributed by atoms with Crippen LogP contribution in [0.3, 0.4) is 0 Å². The van der Waals surface area contributed by atoms with Gasteiger partial charge in [0.05, 0.1) is 18.3 Å². The molecule has 0 fully saturated rings. The van der Waals surface area contributed by atoms with Crippen LogP contribution in [0.1, 0.15) is 16.7 Å². The third kappa shape index (κ3) is 2.89. The van der Waals surface area contributed by atoms with Crippen molar-refractivity contribution >= 4 is 10.9 Å². The van der Waals surface area contributed by atoms with E-state index in [2.05, 4.69) is 15.3 Å². The van der Waals surface area contributed by atoms with Gasteiger partial charge in [-0.1, -0.05) is 29.5 Å². The quantitative estimate of drug-likeness (QED) is 0.562. The zero-order valence-electron chi connectivity index (χ0n) is 14.1. The highest BCUT2D eigenvalue weighted by Gasteiger charge is 2.11. The molecule has 0 atom stereocenters. The highest BCUT2D eigenvalue weighted by atomic mass is 19.1. The maximum Gasteiger partial charge on any atom is 0.123 e. The molecule has 0 unspecified atom stereocenters. The minimum Gasteiger partial charge on any atom is -0.256 e. The number of pyridine rings is 1. The van der Waals surface area contributed by atoms with Crippen molar-refractivity contribution in [3.05, 3.63) is 77.4 Å². The number of hydrogen-bond acceptors (Lipinski definition) is 3. The molecule has 0 amide bonds. The van der Waals surface area contributed by atoms with Crippen LogP contribution >= 0.6 is 0 Å². The molecule has 0 bridgehead atoms. The molecule has 4 nitrogen and oxygen atoms in total. The van der Waals surface area contributed by atoms with Crippen molar-refractivity contribution in [2.75, 3.05) is 0 Å². The molecular weight excluding hydrogens is 315 g/mol. The highest BCUT2D eigenvalue weighted by molar-refractivity contribution is 5.95. The molecule has 124 valence electrons. The number of fused-ring (bicyclic) bond motifs is 1. The second-order valence-corrected chi connectivity index (χ2v) is 6.20. The molecule has 2 aromatic carbocycles. The Morgan fingerprint density at radius 1 is 1.04 bits per heavy atom. The molecule has 4 aromatic rings. The second kappa shape index (κ2) is 6.09. The van der Waals surface area contributed by atoms with Gasteiger partial charge in [-0.25, -0.2) is 9.07 Å². The Labute approximate surface area is 145 Å². The Hall–Kier alpha value is -3.08. The Balaban J connectivity index is 1.73. The first-order valence-corrected chi connectivity index (χ1v) is 8.12. The Morgan fingerprint density at radius 3 is 2.76 bits per heavy atom. The fourth-order valence-corrected chi connectivity index (χ4v) is 3.02. The molecular formula is C20H17FN4. The lowest BCUT2D eigenvalue weighted by Crippen LogP contribution is -2.02. The van der Waals surface area contributed by atoms with Gasteiger partial charge in [0.1, 0.15) is 11.5 Å². The number of aryl methyl sites for hydroxylation is 2. The summed E-state index contributed by atoms with van der Waals surface area (Å²) in [5.41, 5.74) is 5.80. The summed E-state index contributed by atoms with van der Waals surface area (Å²) >= 11 is 0. The van der Waals surface area contributed by atoms with Crippen molar-refractivity contribution in [3.63, 3.8) is 0 Å². The molecule has 0 spiro atoms. The van der Waals surface area contributed by atoms with E-state index < -0.39 is 0 Å². The van der Waals surface area contributed by atoms with Crippen LogP contribution in [0.2, 0.25) is 0 Å². The van der Waals surface area contributed by atoms with Crippen molar-refractivity contribution in [2.45, 2.75) is 20.4 Å². The summed E-state index contributed by atoms with van der Waals surface area (Å²) in [6.07, 6.45) is 3.68. The molecule has 0 aliphatic heterocycles. The molecule has 2 aromatic heterocycles. The number of halogens is 1. The Morgan fingerprint density at radius 2 is 1.88 bits per heavy atom. The largest absolute Gasteiger partial charge is 0.256 e. The van der Waals surface area contributed by atoms with Gasteiger partial charge in [-0.15, -0.1) is 5.10 Å².